The molecule has 2 rings (SSSR count). The van der Waals surface area contributed by atoms with Crippen molar-refractivity contribution in [2.45, 2.75) is 4.90 Å². The lowest BCUT2D eigenvalue weighted by Gasteiger charge is -2.08. The van der Waals surface area contributed by atoms with Crippen LogP contribution in [0.1, 0.15) is 0 Å². The fourth-order valence-corrected chi connectivity index (χ4v) is 3.48. The van der Waals surface area contributed by atoms with Crippen molar-refractivity contribution in [2.24, 2.45) is 0 Å². The van der Waals surface area contributed by atoms with E-state index in [2.05, 4.69) is 10.6 Å². The maximum absolute atomic E-state index is 11.3. The molecule has 0 aliphatic carbocycles. The summed E-state index contributed by atoms with van der Waals surface area (Å²) < 4.78 is 22.5. The average Bonchev–Trinajstić information content (AvgIpc) is 2.47. The highest BCUT2D eigenvalue weighted by Gasteiger charge is 2.14. The third kappa shape index (κ3) is 5.77. The Morgan fingerprint density at radius 3 is 2.00 bits per heavy atom. The summed E-state index contributed by atoms with van der Waals surface area (Å²) in [5, 5.41) is 7.40. The highest BCUT2D eigenvalue weighted by molar-refractivity contribution is 7.90. The summed E-state index contributed by atoms with van der Waals surface area (Å²) in [5.74, 6) is 0. The Labute approximate surface area is 151 Å². The number of halogens is 3. The van der Waals surface area contributed by atoms with Crippen LogP contribution in [0.15, 0.2) is 41.3 Å². The monoisotopic (exact) mass is 394 g/mol. The van der Waals surface area contributed by atoms with Gasteiger partial charge in [-0.05, 0) is 30.3 Å². The van der Waals surface area contributed by atoms with Gasteiger partial charge in [0.1, 0.15) is 0 Å². The number of anilines is 2. The summed E-state index contributed by atoms with van der Waals surface area (Å²) in [4.78, 5) is 0.225. The van der Waals surface area contributed by atoms with E-state index in [1.54, 1.807) is 31.3 Å². The molecule has 2 aromatic carbocycles. The second-order valence-electron chi connectivity index (χ2n) is 4.51. The van der Waals surface area contributed by atoms with E-state index in [1.807, 2.05) is 13.1 Å². The molecule has 23 heavy (non-hydrogen) atoms. The van der Waals surface area contributed by atoms with Crippen LogP contribution in [0, 0.1) is 0 Å². The Hall–Kier alpha value is -1.14. The van der Waals surface area contributed by atoms with Crippen LogP contribution in [0.5, 0.6) is 0 Å². The highest BCUT2D eigenvalue weighted by Crippen LogP contribution is 2.28. The zero-order valence-electron chi connectivity index (χ0n) is 12.8. The van der Waals surface area contributed by atoms with Crippen molar-refractivity contribution in [1.29, 1.82) is 0 Å². The van der Waals surface area contributed by atoms with E-state index in [1.165, 1.54) is 6.07 Å². The van der Waals surface area contributed by atoms with Gasteiger partial charge in [0.25, 0.3) is 0 Å². The SMILES string of the molecule is CNc1c(Cl)cccc1S(C)(=O)=O.CNc1ccc(Cl)cc1Cl. The van der Waals surface area contributed by atoms with Crippen LogP contribution < -0.4 is 10.6 Å². The van der Waals surface area contributed by atoms with E-state index < -0.39 is 9.84 Å². The number of benzene rings is 2. The van der Waals surface area contributed by atoms with Crippen LogP contribution in [0.2, 0.25) is 15.1 Å². The van der Waals surface area contributed by atoms with Crippen molar-refractivity contribution in [2.75, 3.05) is 31.0 Å². The van der Waals surface area contributed by atoms with Crippen molar-refractivity contribution in [3.8, 4) is 0 Å². The van der Waals surface area contributed by atoms with Gasteiger partial charge >= 0.3 is 0 Å². The van der Waals surface area contributed by atoms with Crippen molar-refractivity contribution >= 4 is 56.0 Å². The topological polar surface area (TPSA) is 58.2 Å². The summed E-state index contributed by atoms with van der Waals surface area (Å²) >= 11 is 17.3. The Balaban J connectivity index is 0.000000238. The molecule has 4 nitrogen and oxygen atoms in total. The van der Waals surface area contributed by atoms with Gasteiger partial charge in [-0.2, -0.15) is 0 Å². The van der Waals surface area contributed by atoms with Crippen molar-refractivity contribution in [1.82, 2.24) is 0 Å². The largest absolute Gasteiger partial charge is 0.387 e. The van der Waals surface area contributed by atoms with Crippen LogP contribution in [-0.4, -0.2) is 28.8 Å². The highest BCUT2D eigenvalue weighted by atomic mass is 35.5. The fraction of sp³-hybridized carbons (Fsp3) is 0.200. The second kappa shape index (κ2) is 8.64. The molecule has 8 heteroatoms. The lowest BCUT2D eigenvalue weighted by Crippen LogP contribution is -2.02. The van der Waals surface area contributed by atoms with Gasteiger partial charge in [-0.1, -0.05) is 40.9 Å². The quantitative estimate of drug-likeness (QED) is 0.782. The standard InChI is InChI=1S/C8H10ClNO2S.C7H7Cl2N/c1-10-8-6(9)4-3-5-7(8)13(2,11)12;1-10-7-3-2-5(8)4-6(7)9/h3-5,10H,1-2H3;2-4,10H,1H3. The van der Waals surface area contributed by atoms with Crippen LogP contribution in [0.4, 0.5) is 11.4 Å². The van der Waals surface area contributed by atoms with E-state index in [-0.39, 0.29) is 4.90 Å². The Kier molecular flexibility index (Phi) is 7.48. The smallest absolute Gasteiger partial charge is 0.177 e. The molecule has 0 atom stereocenters. The number of hydrogen-bond donors (Lipinski definition) is 2. The molecule has 0 aromatic heterocycles. The predicted octanol–water partition coefficient (Wildman–Crippen LogP) is 4.82. The van der Waals surface area contributed by atoms with Gasteiger partial charge in [-0.3, -0.25) is 0 Å². The van der Waals surface area contributed by atoms with E-state index in [9.17, 15) is 8.42 Å². The normalized spacial score (nSPS) is 10.5. The molecule has 2 aromatic rings. The predicted molar refractivity (Wildman–Crippen MR) is 100 cm³/mol. The number of sulfone groups is 1. The second-order valence-corrected chi connectivity index (χ2v) is 7.74. The molecule has 0 spiro atoms. The van der Waals surface area contributed by atoms with Gasteiger partial charge in [-0.25, -0.2) is 8.42 Å². The van der Waals surface area contributed by atoms with E-state index in [0.29, 0.717) is 20.8 Å². The minimum absolute atomic E-state index is 0.225. The Bertz CT molecular complexity index is 780. The summed E-state index contributed by atoms with van der Waals surface area (Å²) in [6, 6.07) is 10.1. The maximum atomic E-state index is 11.3. The number of nitrogens with one attached hydrogen (secondary N) is 2. The van der Waals surface area contributed by atoms with Gasteiger partial charge in [0.2, 0.25) is 0 Å². The maximum Gasteiger partial charge on any atom is 0.177 e. The third-order valence-corrected chi connectivity index (χ3v) is 4.83. The van der Waals surface area contributed by atoms with E-state index in [0.717, 1.165) is 11.9 Å². The average molecular weight is 396 g/mol. The van der Waals surface area contributed by atoms with Crippen LogP contribution in [0.25, 0.3) is 0 Å². The van der Waals surface area contributed by atoms with E-state index in [4.69, 9.17) is 34.8 Å². The molecule has 126 valence electrons. The number of para-hydroxylation sites is 1. The summed E-state index contributed by atoms with van der Waals surface area (Å²) in [6.07, 6.45) is 1.15. The molecule has 0 radical (unpaired) electrons. The first kappa shape index (κ1) is 19.9. The van der Waals surface area contributed by atoms with Gasteiger partial charge in [0, 0.05) is 25.4 Å². The van der Waals surface area contributed by atoms with Crippen LogP contribution in [0.3, 0.4) is 0 Å². The number of hydrogen-bond acceptors (Lipinski definition) is 4. The molecule has 0 fully saturated rings. The molecule has 2 N–H and O–H groups in total. The molecule has 0 bridgehead atoms. The van der Waals surface area contributed by atoms with E-state index >= 15 is 0 Å². The lowest BCUT2D eigenvalue weighted by atomic mass is 10.3. The van der Waals surface area contributed by atoms with Crippen molar-refractivity contribution in [3.63, 3.8) is 0 Å². The third-order valence-electron chi connectivity index (χ3n) is 2.83. The first-order chi connectivity index (χ1) is 10.7. The lowest BCUT2D eigenvalue weighted by molar-refractivity contribution is 0.602. The Morgan fingerprint density at radius 2 is 1.57 bits per heavy atom. The molecule has 0 unspecified atom stereocenters. The van der Waals surface area contributed by atoms with Crippen molar-refractivity contribution < 1.29 is 8.42 Å². The number of rotatable bonds is 3. The molecular formula is C15H17Cl3N2O2S. The molecular weight excluding hydrogens is 379 g/mol. The summed E-state index contributed by atoms with van der Waals surface area (Å²) in [7, 11) is 0.234. The van der Waals surface area contributed by atoms with Gasteiger partial charge < -0.3 is 10.6 Å². The summed E-state index contributed by atoms with van der Waals surface area (Å²) in [5.41, 5.74) is 1.35. The Morgan fingerprint density at radius 1 is 0.913 bits per heavy atom. The first-order valence-corrected chi connectivity index (χ1v) is 9.52. The summed E-state index contributed by atoms with van der Waals surface area (Å²) in [6.45, 7) is 0. The molecule has 0 aliphatic heterocycles. The molecule has 0 heterocycles. The molecule has 0 amide bonds. The minimum atomic E-state index is -3.22. The fourth-order valence-electron chi connectivity index (χ4n) is 1.75. The molecule has 0 saturated carbocycles. The van der Waals surface area contributed by atoms with Gasteiger partial charge in [0.15, 0.2) is 9.84 Å². The molecule has 0 aliphatic rings. The zero-order chi connectivity index (χ0) is 17.6. The van der Waals surface area contributed by atoms with Crippen molar-refractivity contribution in [3.05, 3.63) is 51.5 Å². The minimum Gasteiger partial charge on any atom is -0.387 e. The van der Waals surface area contributed by atoms with Gasteiger partial charge in [-0.15, -0.1) is 0 Å². The van der Waals surface area contributed by atoms with Crippen LogP contribution >= 0.6 is 34.8 Å². The molecule has 0 saturated heterocycles. The van der Waals surface area contributed by atoms with Gasteiger partial charge in [0.05, 0.1) is 26.3 Å². The zero-order valence-corrected chi connectivity index (χ0v) is 15.9. The van der Waals surface area contributed by atoms with Crippen LogP contribution in [-0.2, 0) is 9.84 Å². The first-order valence-electron chi connectivity index (χ1n) is 6.49.